The summed E-state index contributed by atoms with van der Waals surface area (Å²) >= 11 is 0. The average Bonchev–Trinajstić information content (AvgIpc) is 3.22. The zero-order chi connectivity index (χ0) is 32.5. The van der Waals surface area contributed by atoms with E-state index in [-0.39, 0.29) is 36.1 Å². The third kappa shape index (κ3) is 8.19. The van der Waals surface area contributed by atoms with E-state index in [1.807, 2.05) is 78.9 Å². The maximum atomic E-state index is 14.1. The number of hydrogen-bond acceptors (Lipinski definition) is 5. The van der Waals surface area contributed by atoms with E-state index in [1.54, 1.807) is 11.9 Å². The van der Waals surface area contributed by atoms with Crippen molar-refractivity contribution in [3.05, 3.63) is 96.1 Å². The first-order valence-corrected chi connectivity index (χ1v) is 15.9. The minimum atomic E-state index is -0.694. The lowest BCUT2D eigenvalue weighted by Gasteiger charge is -2.31. The molecular weight excluding hydrogens is 578 g/mol. The fourth-order valence-corrected chi connectivity index (χ4v) is 6.24. The molecular formula is C36H43N7O3. The van der Waals surface area contributed by atoms with E-state index in [9.17, 15) is 14.4 Å². The molecule has 1 aliphatic rings. The van der Waals surface area contributed by atoms with Gasteiger partial charge in [0, 0.05) is 39.1 Å². The molecule has 10 nitrogen and oxygen atoms in total. The zero-order valence-corrected chi connectivity index (χ0v) is 26.2. The summed E-state index contributed by atoms with van der Waals surface area (Å²) in [4.78, 5) is 46.3. The van der Waals surface area contributed by atoms with Gasteiger partial charge in [0.05, 0.1) is 12.5 Å². The van der Waals surface area contributed by atoms with Crippen LogP contribution in [-0.4, -0.2) is 73.4 Å². The van der Waals surface area contributed by atoms with Crippen molar-refractivity contribution in [3.8, 4) is 0 Å². The van der Waals surface area contributed by atoms with Crippen LogP contribution in [0.5, 0.6) is 0 Å². The van der Waals surface area contributed by atoms with Crippen LogP contribution < -0.4 is 27.4 Å². The number of likely N-dealkylation sites (N-methyl/N-ethyl adjacent to an activating group) is 1. The van der Waals surface area contributed by atoms with Gasteiger partial charge >= 0.3 is 0 Å². The second-order valence-electron chi connectivity index (χ2n) is 11.8. The first-order valence-electron chi connectivity index (χ1n) is 15.9. The summed E-state index contributed by atoms with van der Waals surface area (Å²) in [5.74, 6) is -0.454. The third-order valence-corrected chi connectivity index (χ3v) is 8.63. The van der Waals surface area contributed by atoms with Crippen molar-refractivity contribution in [1.29, 1.82) is 0 Å². The smallest absolute Gasteiger partial charge is 0.242 e. The van der Waals surface area contributed by atoms with E-state index < -0.39 is 12.1 Å². The van der Waals surface area contributed by atoms with Gasteiger partial charge in [0.15, 0.2) is 5.96 Å². The number of nitrogens with two attached hydrogens (primary N) is 2. The number of amides is 3. The van der Waals surface area contributed by atoms with Crippen LogP contribution in [0.25, 0.3) is 21.5 Å². The highest BCUT2D eigenvalue weighted by molar-refractivity contribution is 5.91. The summed E-state index contributed by atoms with van der Waals surface area (Å²) in [6, 6.07) is 26.8. The molecule has 0 aromatic heterocycles. The quantitative estimate of drug-likeness (QED) is 0.0931. The predicted molar refractivity (Wildman–Crippen MR) is 183 cm³/mol. The second kappa shape index (κ2) is 15.4. The second-order valence-corrected chi connectivity index (χ2v) is 11.8. The molecule has 3 unspecified atom stereocenters. The van der Waals surface area contributed by atoms with E-state index in [2.05, 4.69) is 27.0 Å². The Hall–Kier alpha value is -4.96. The molecule has 0 radical (unpaired) electrons. The minimum Gasteiger partial charge on any atom is -0.370 e. The predicted octanol–water partition coefficient (Wildman–Crippen LogP) is 2.62. The summed E-state index contributed by atoms with van der Waals surface area (Å²) in [7, 11) is 1.59. The number of nitrogens with zero attached hydrogens (tertiary/aromatic N) is 2. The van der Waals surface area contributed by atoms with Gasteiger partial charge in [-0.25, -0.2) is 0 Å². The van der Waals surface area contributed by atoms with Gasteiger partial charge in [0.1, 0.15) is 6.04 Å². The van der Waals surface area contributed by atoms with Crippen molar-refractivity contribution in [3.63, 3.8) is 0 Å². The van der Waals surface area contributed by atoms with Gasteiger partial charge in [-0.1, -0.05) is 84.9 Å². The van der Waals surface area contributed by atoms with Crippen molar-refractivity contribution in [1.82, 2.24) is 20.9 Å². The number of fused-ring (bicyclic) bond motifs is 2. The summed E-state index contributed by atoms with van der Waals surface area (Å²) in [5.41, 5.74) is 13.0. The first kappa shape index (κ1) is 32.4. The van der Waals surface area contributed by atoms with Crippen molar-refractivity contribution >= 4 is 45.2 Å². The Morgan fingerprint density at radius 1 is 0.978 bits per heavy atom. The van der Waals surface area contributed by atoms with E-state index in [0.29, 0.717) is 45.3 Å². The lowest BCUT2D eigenvalue weighted by atomic mass is 9.99. The molecule has 0 saturated carbocycles. The molecule has 3 atom stereocenters. The molecule has 7 N–H and O–H groups in total. The zero-order valence-electron chi connectivity index (χ0n) is 26.2. The molecule has 5 rings (SSSR count). The Kier molecular flexibility index (Phi) is 10.8. The van der Waals surface area contributed by atoms with Crippen molar-refractivity contribution in [2.75, 3.05) is 26.7 Å². The van der Waals surface area contributed by atoms with Crippen molar-refractivity contribution in [2.45, 2.75) is 50.2 Å². The highest BCUT2D eigenvalue weighted by Crippen LogP contribution is 2.22. The number of rotatable bonds is 12. The van der Waals surface area contributed by atoms with Gasteiger partial charge < -0.3 is 32.3 Å². The first-order chi connectivity index (χ1) is 22.3. The van der Waals surface area contributed by atoms with Crippen LogP contribution >= 0.6 is 0 Å². The van der Waals surface area contributed by atoms with Crippen LogP contribution in [0.1, 0.15) is 30.4 Å². The van der Waals surface area contributed by atoms with E-state index >= 15 is 0 Å². The maximum Gasteiger partial charge on any atom is 0.242 e. The lowest BCUT2D eigenvalue weighted by molar-refractivity contribution is -0.141. The molecule has 240 valence electrons. The molecule has 0 bridgehead atoms. The molecule has 10 heteroatoms. The van der Waals surface area contributed by atoms with Gasteiger partial charge in [0.25, 0.3) is 0 Å². The molecule has 4 aromatic carbocycles. The van der Waals surface area contributed by atoms with Gasteiger partial charge in [-0.3, -0.25) is 19.4 Å². The highest BCUT2D eigenvalue weighted by atomic mass is 16.2. The standard InChI is InChI=1S/C36H43N7O3/c1-39-34(45)32(21-24-15-16-25-8-2-3-10-27(25)20-24)43-19-17-29(42-31(35(43)46)14-7-18-40-36(37)38)23-41-33(44)22-28-12-6-11-26-9-4-5-13-30(26)28/h2-6,8-13,15-16,20,29,31-32,42H,7,14,17-19,21-23H2,1H3,(H,39,45)(H,41,44)(H4,37,38,40). The van der Waals surface area contributed by atoms with Crippen molar-refractivity contribution < 1.29 is 14.4 Å². The fourth-order valence-electron chi connectivity index (χ4n) is 6.24. The van der Waals surface area contributed by atoms with Gasteiger partial charge in [-0.05, 0) is 51.9 Å². The van der Waals surface area contributed by atoms with E-state index in [1.165, 1.54) is 0 Å². The molecule has 4 aromatic rings. The fraction of sp³-hybridized carbons (Fsp3) is 0.333. The number of guanidine groups is 1. The molecule has 1 fully saturated rings. The van der Waals surface area contributed by atoms with Gasteiger partial charge in [0.2, 0.25) is 17.7 Å². The summed E-state index contributed by atoms with van der Waals surface area (Å²) in [5, 5.41) is 13.7. The molecule has 0 aliphatic carbocycles. The maximum absolute atomic E-state index is 14.1. The van der Waals surface area contributed by atoms with Crippen LogP contribution in [0.2, 0.25) is 0 Å². The van der Waals surface area contributed by atoms with Crippen LogP contribution in [0.15, 0.2) is 89.9 Å². The average molecular weight is 622 g/mol. The van der Waals surface area contributed by atoms with Crippen LogP contribution in [0.3, 0.4) is 0 Å². The third-order valence-electron chi connectivity index (χ3n) is 8.63. The number of nitrogens with one attached hydrogen (secondary N) is 3. The number of carbonyl (C=O) groups is 3. The van der Waals surface area contributed by atoms with Crippen LogP contribution in [-0.2, 0) is 27.2 Å². The highest BCUT2D eigenvalue weighted by Gasteiger charge is 2.37. The molecule has 1 saturated heterocycles. The SMILES string of the molecule is CNC(=O)C(Cc1ccc2ccccc2c1)N1CCC(CNC(=O)Cc2cccc3ccccc23)NC(CCCN=C(N)N)C1=O. The molecule has 46 heavy (non-hydrogen) atoms. The minimum absolute atomic E-state index is 0.00336. The molecule has 1 aliphatic heterocycles. The normalized spacial score (nSPS) is 17.3. The van der Waals surface area contributed by atoms with Crippen LogP contribution in [0.4, 0.5) is 0 Å². The summed E-state index contributed by atoms with van der Waals surface area (Å²) in [6.07, 6.45) is 2.25. The largest absolute Gasteiger partial charge is 0.370 e. The van der Waals surface area contributed by atoms with E-state index in [0.717, 1.165) is 32.7 Å². The number of aliphatic imine (C=N–C) groups is 1. The molecule has 0 spiro atoms. The summed E-state index contributed by atoms with van der Waals surface area (Å²) < 4.78 is 0. The van der Waals surface area contributed by atoms with Gasteiger partial charge in [-0.2, -0.15) is 0 Å². The molecule has 3 amide bonds. The number of hydrogen-bond donors (Lipinski definition) is 5. The topological polar surface area (TPSA) is 155 Å². The lowest BCUT2D eigenvalue weighted by Crippen LogP contribution is -2.54. The number of carbonyl (C=O) groups excluding carboxylic acids is 3. The summed E-state index contributed by atoms with van der Waals surface area (Å²) in [6.45, 7) is 1.10. The van der Waals surface area contributed by atoms with Crippen LogP contribution in [0, 0.1) is 0 Å². The Balaban J connectivity index is 1.31. The number of benzene rings is 4. The Bertz CT molecular complexity index is 1710. The monoisotopic (exact) mass is 621 g/mol. The van der Waals surface area contributed by atoms with Crippen molar-refractivity contribution in [2.24, 2.45) is 16.5 Å². The van der Waals surface area contributed by atoms with E-state index in [4.69, 9.17) is 11.5 Å². The Morgan fingerprint density at radius 2 is 1.72 bits per heavy atom. The molecule has 1 heterocycles. The Labute approximate surface area is 269 Å². The Morgan fingerprint density at radius 3 is 2.50 bits per heavy atom. The van der Waals surface area contributed by atoms with Gasteiger partial charge in [-0.15, -0.1) is 0 Å².